The van der Waals surface area contributed by atoms with Crippen LogP contribution in [0.3, 0.4) is 0 Å². The van der Waals surface area contributed by atoms with Crippen LogP contribution in [0.25, 0.3) is 11.2 Å². The number of ketones is 1. The minimum Gasteiger partial charge on any atom is -0.461 e. The van der Waals surface area contributed by atoms with Crippen LogP contribution in [0.5, 0.6) is 0 Å². The number of nitrogen functional groups attached to an aromatic ring is 1. The molecule has 4 atom stereocenters. The number of aromatic nitrogens is 4. The van der Waals surface area contributed by atoms with Gasteiger partial charge in [0.15, 0.2) is 22.6 Å². The van der Waals surface area contributed by atoms with Crippen LogP contribution in [0.15, 0.2) is 6.33 Å². The molecule has 1 fully saturated rings. The number of rotatable bonds is 11. The van der Waals surface area contributed by atoms with Crippen LogP contribution in [0.2, 0.25) is 0 Å². The molecule has 2 aromatic heterocycles. The van der Waals surface area contributed by atoms with Crippen LogP contribution >= 0.6 is 0 Å². The van der Waals surface area contributed by atoms with Crippen molar-refractivity contribution in [1.82, 2.24) is 19.5 Å². The lowest BCUT2D eigenvalue weighted by atomic mass is 9.98. The second-order valence-corrected chi connectivity index (χ2v) is 8.62. The lowest BCUT2D eigenvalue weighted by molar-refractivity contribution is -0.161. The van der Waals surface area contributed by atoms with Crippen LogP contribution in [-0.2, 0) is 19.1 Å². The molecule has 10 nitrogen and oxygen atoms in total. The van der Waals surface area contributed by atoms with Gasteiger partial charge in [-0.05, 0) is 6.42 Å². The zero-order chi connectivity index (χ0) is 24.9. The molecule has 0 unspecified atom stereocenters. The maximum absolute atomic E-state index is 13.7. The topological polar surface area (TPSA) is 142 Å². The molecule has 3 rings (SSSR count). The molecule has 184 valence electrons. The molecule has 1 saturated heterocycles. The molecule has 1 aliphatic heterocycles. The van der Waals surface area contributed by atoms with Gasteiger partial charge in [0.05, 0.1) is 12.2 Å². The van der Waals surface area contributed by atoms with Crippen molar-refractivity contribution in [2.75, 3.05) is 12.3 Å². The number of ether oxygens (including phenoxy) is 2. The van der Waals surface area contributed by atoms with Gasteiger partial charge in [-0.2, -0.15) is 14.4 Å². The number of halogens is 1. The molecule has 3 heterocycles. The van der Waals surface area contributed by atoms with Gasteiger partial charge >= 0.3 is 12.0 Å². The van der Waals surface area contributed by atoms with Gasteiger partial charge in [-0.1, -0.05) is 39.0 Å². The first-order valence-corrected chi connectivity index (χ1v) is 11.4. The highest BCUT2D eigenvalue weighted by Gasteiger charge is 2.49. The van der Waals surface area contributed by atoms with Crippen molar-refractivity contribution in [3.05, 3.63) is 12.4 Å². The molecular weight excluding hydrogens is 445 g/mol. The van der Waals surface area contributed by atoms with E-state index >= 15 is 0 Å². The number of carbonyl (C=O) groups excluding carboxylic acids is 2. The number of carbonyl (C=O) groups is 2. The lowest BCUT2D eigenvalue weighted by Crippen LogP contribution is -2.43. The van der Waals surface area contributed by atoms with Crippen LogP contribution in [0.4, 0.5) is 10.2 Å². The normalized spacial score (nSPS) is 23.0. The van der Waals surface area contributed by atoms with Gasteiger partial charge in [-0.25, -0.2) is 4.98 Å². The molecule has 0 spiro atoms. The number of aliphatic hydroxyl groups is 1. The quantitative estimate of drug-likeness (QED) is 0.217. The maximum Gasteiger partial charge on any atom is 0.312 e. The minimum atomic E-state index is -1.63. The number of aliphatic hydroxyl groups excluding tert-OH is 1. The largest absolute Gasteiger partial charge is 0.461 e. The molecule has 0 aliphatic carbocycles. The number of Topliss-reactive ketones (excluding diaryl/α,β-unsaturated/α-hetero) is 1. The van der Waals surface area contributed by atoms with Crippen molar-refractivity contribution in [3.63, 3.8) is 0 Å². The van der Waals surface area contributed by atoms with Gasteiger partial charge < -0.3 is 20.3 Å². The zero-order valence-electron chi connectivity index (χ0n) is 19.4. The second-order valence-electron chi connectivity index (χ2n) is 8.62. The highest BCUT2D eigenvalue weighted by Crippen LogP contribution is 2.38. The van der Waals surface area contributed by atoms with Crippen LogP contribution < -0.4 is 5.73 Å². The third-order valence-corrected chi connectivity index (χ3v) is 5.96. The van der Waals surface area contributed by atoms with Gasteiger partial charge in [-0.15, -0.1) is 6.42 Å². The fourth-order valence-electron chi connectivity index (χ4n) is 3.94. The van der Waals surface area contributed by atoms with E-state index in [0.29, 0.717) is 6.42 Å². The molecule has 34 heavy (non-hydrogen) atoms. The van der Waals surface area contributed by atoms with Crippen molar-refractivity contribution in [2.45, 2.75) is 76.7 Å². The van der Waals surface area contributed by atoms with Crippen molar-refractivity contribution >= 4 is 28.7 Å². The van der Waals surface area contributed by atoms with E-state index in [1.165, 1.54) is 10.9 Å². The van der Waals surface area contributed by atoms with Gasteiger partial charge in [0, 0.05) is 19.3 Å². The van der Waals surface area contributed by atoms with E-state index in [1.54, 1.807) is 6.92 Å². The molecule has 3 N–H and O–H groups in total. The number of fused-ring (bicyclic) bond motifs is 1. The summed E-state index contributed by atoms with van der Waals surface area (Å²) in [7, 11) is 0. The summed E-state index contributed by atoms with van der Waals surface area (Å²) in [6.45, 7) is 3.30. The number of esters is 1. The Morgan fingerprint density at radius 3 is 2.91 bits per heavy atom. The first-order valence-electron chi connectivity index (χ1n) is 11.4. The van der Waals surface area contributed by atoms with E-state index in [9.17, 15) is 19.1 Å². The molecule has 1 aliphatic rings. The summed E-state index contributed by atoms with van der Waals surface area (Å²) >= 11 is 0. The van der Waals surface area contributed by atoms with Crippen LogP contribution in [-0.4, -0.2) is 54.7 Å². The summed E-state index contributed by atoms with van der Waals surface area (Å²) in [5.41, 5.74) is 4.32. The van der Waals surface area contributed by atoms with E-state index in [2.05, 4.69) is 27.8 Å². The third-order valence-electron chi connectivity index (χ3n) is 5.96. The van der Waals surface area contributed by atoms with Crippen LogP contribution in [0.1, 0.15) is 65.0 Å². The van der Waals surface area contributed by atoms with Gasteiger partial charge in [0.2, 0.25) is 0 Å². The van der Waals surface area contributed by atoms with E-state index in [-0.39, 0.29) is 35.6 Å². The molecular formula is C23H30FN5O5. The van der Waals surface area contributed by atoms with Gasteiger partial charge in [0.1, 0.15) is 24.7 Å². The summed E-state index contributed by atoms with van der Waals surface area (Å²) in [5.74, 6) is 0.999. The first-order chi connectivity index (χ1) is 16.2. The molecule has 0 saturated carbocycles. The summed E-state index contributed by atoms with van der Waals surface area (Å²) < 4.78 is 26.3. The second kappa shape index (κ2) is 10.9. The Labute approximate surface area is 197 Å². The van der Waals surface area contributed by atoms with Crippen LogP contribution in [0, 0.1) is 24.3 Å². The zero-order valence-corrected chi connectivity index (χ0v) is 19.4. The fourth-order valence-corrected chi connectivity index (χ4v) is 3.94. The minimum absolute atomic E-state index is 0.00455. The maximum atomic E-state index is 13.7. The van der Waals surface area contributed by atoms with Crippen molar-refractivity contribution in [3.8, 4) is 12.3 Å². The third kappa shape index (κ3) is 5.51. The number of unbranched alkanes of at least 4 members (excludes halogenated alkanes) is 3. The Bertz CT molecular complexity index is 1080. The SMILES string of the molecule is C#C[C@]1(COC(=O)[C@H](C)CC(=O)CCCCCC)O[C@@H](n2cnc3c(N)nc(F)nc32)C[C@@H]1O. The number of nitrogens with two attached hydrogens (primary N) is 1. The number of imidazole rings is 1. The van der Waals surface area contributed by atoms with Crippen molar-refractivity contribution in [2.24, 2.45) is 5.92 Å². The average Bonchev–Trinajstić information content (AvgIpc) is 3.36. The predicted octanol–water partition coefficient (Wildman–Crippen LogP) is 2.31. The molecule has 0 amide bonds. The Balaban J connectivity index is 1.62. The fraction of sp³-hybridized carbons (Fsp3) is 0.609. The number of nitrogens with zero attached hydrogens (tertiary/aromatic N) is 4. The first kappa shape index (κ1) is 25.5. The molecule has 0 aromatic carbocycles. The van der Waals surface area contributed by atoms with Crippen molar-refractivity contribution < 1.29 is 28.6 Å². The van der Waals surface area contributed by atoms with Crippen molar-refractivity contribution in [1.29, 1.82) is 0 Å². The summed E-state index contributed by atoms with van der Waals surface area (Å²) in [5, 5.41) is 10.6. The smallest absolute Gasteiger partial charge is 0.312 e. The molecule has 11 heteroatoms. The summed E-state index contributed by atoms with van der Waals surface area (Å²) in [4.78, 5) is 35.8. The van der Waals surface area contributed by atoms with E-state index in [1.807, 2.05) is 0 Å². The predicted molar refractivity (Wildman–Crippen MR) is 121 cm³/mol. The monoisotopic (exact) mass is 475 g/mol. The standard InChI is InChI=1S/C23H30FN5O5/c1-4-6-7-8-9-15(30)10-14(3)21(32)33-12-23(5-2)16(31)11-17(34-23)29-13-26-18-19(25)27-22(24)28-20(18)29/h2,13-14,16-17,31H,4,6-12H2,1,3H3,(H2,25,27,28)/t14-,16+,17-,23-/m1/s1. The molecule has 0 bridgehead atoms. The van der Waals surface area contributed by atoms with E-state index in [0.717, 1.165) is 25.7 Å². The summed E-state index contributed by atoms with van der Waals surface area (Å²) in [6, 6.07) is 0. The number of hydrogen-bond acceptors (Lipinski definition) is 9. The van der Waals surface area contributed by atoms with E-state index < -0.39 is 42.5 Å². The highest BCUT2D eigenvalue weighted by molar-refractivity contribution is 5.84. The number of anilines is 1. The average molecular weight is 476 g/mol. The Hall–Kier alpha value is -3.10. The summed E-state index contributed by atoms with van der Waals surface area (Å²) in [6.07, 6.45) is 8.38. The highest BCUT2D eigenvalue weighted by atomic mass is 19.1. The Kier molecular flexibility index (Phi) is 8.17. The van der Waals surface area contributed by atoms with E-state index in [4.69, 9.17) is 21.6 Å². The Morgan fingerprint density at radius 1 is 1.44 bits per heavy atom. The van der Waals surface area contributed by atoms with Gasteiger partial charge in [-0.3, -0.25) is 14.2 Å². The molecule has 2 aromatic rings. The number of hydrogen-bond donors (Lipinski definition) is 2. The Morgan fingerprint density at radius 2 is 2.21 bits per heavy atom. The molecule has 0 radical (unpaired) electrons. The van der Waals surface area contributed by atoms with Gasteiger partial charge in [0.25, 0.3) is 0 Å². The lowest BCUT2D eigenvalue weighted by Gasteiger charge is -2.26. The number of terminal acetylenes is 1.